The van der Waals surface area contributed by atoms with Gasteiger partial charge in [-0.2, -0.15) is 0 Å². The summed E-state index contributed by atoms with van der Waals surface area (Å²) >= 11 is 0. The van der Waals surface area contributed by atoms with Gasteiger partial charge in [-0.25, -0.2) is 0 Å². The number of ether oxygens (including phenoxy) is 2. The van der Waals surface area contributed by atoms with E-state index in [9.17, 15) is 0 Å². The highest BCUT2D eigenvalue weighted by Gasteiger charge is 2.10. The van der Waals surface area contributed by atoms with Gasteiger partial charge in [0.05, 0.1) is 14.2 Å². The van der Waals surface area contributed by atoms with E-state index >= 15 is 0 Å². The molecule has 2 rings (SSSR count). The fourth-order valence-corrected chi connectivity index (χ4v) is 2.25. The number of methoxy groups -OCH3 is 2. The summed E-state index contributed by atoms with van der Waals surface area (Å²) in [5, 5.41) is 0. The molecule has 1 unspecified atom stereocenters. The molecule has 2 aromatic rings. The molecule has 21 heavy (non-hydrogen) atoms. The zero-order chi connectivity index (χ0) is 15.4. The largest absolute Gasteiger partial charge is 0.497 e. The molecule has 112 valence electrons. The van der Waals surface area contributed by atoms with E-state index in [2.05, 4.69) is 50.2 Å². The van der Waals surface area contributed by atoms with Crippen LogP contribution in [0.5, 0.6) is 11.5 Å². The molecule has 0 amide bonds. The highest BCUT2D eigenvalue weighted by atomic mass is 16.5. The third kappa shape index (κ3) is 3.56. The Morgan fingerprint density at radius 2 is 1.48 bits per heavy atom. The number of nitrogens with zero attached hydrogens (tertiary/aromatic N) is 1. The van der Waals surface area contributed by atoms with Gasteiger partial charge in [0.1, 0.15) is 11.5 Å². The van der Waals surface area contributed by atoms with Gasteiger partial charge < -0.3 is 14.4 Å². The number of hydrogen-bond acceptors (Lipinski definition) is 3. The van der Waals surface area contributed by atoms with Gasteiger partial charge in [0.2, 0.25) is 0 Å². The Balaban J connectivity index is 2.44. The van der Waals surface area contributed by atoms with E-state index in [1.54, 1.807) is 14.2 Å². The second kappa shape index (κ2) is 6.64. The van der Waals surface area contributed by atoms with Crippen LogP contribution in [0.1, 0.15) is 18.5 Å². The molecular formula is C18H23NO2. The van der Waals surface area contributed by atoms with Crippen molar-refractivity contribution in [3.05, 3.63) is 48.0 Å². The third-order valence-electron chi connectivity index (χ3n) is 3.83. The van der Waals surface area contributed by atoms with Gasteiger partial charge >= 0.3 is 0 Å². The molecule has 0 N–H and O–H groups in total. The van der Waals surface area contributed by atoms with Crippen LogP contribution < -0.4 is 9.47 Å². The predicted molar refractivity (Wildman–Crippen MR) is 87.1 cm³/mol. The molecule has 0 heterocycles. The van der Waals surface area contributed by atoms with Crippen LogP contribution in [0.15, 0.2) is 42.5 Å². The molecule has 0 aliphatic carbocycles. The van der Waals surface area contributed by atoms with Gasteiger partial charge in [-0.1, -0.05) is 18.2 Å². The van der Waals surface area contributed by atoms with Crippen molar-refractivity contribution in [3.8, 4) is 22.6 Å². The molecule has 0 saturated heterocycles. The Morgan fingerprint density at radius 1 is 0.857 bits per heavy atom. The summed E-state index contributed by atoms with van der Waals surface area (Å²) in [6.45, 7) is 2.20. The van der Waals surface area contributed by atoms with Gasteiger partial charge in [0.25, 0.3) is 0 Å². The molecule has 0 aromatic heterocycles. The summed E-state index contributed by atoms with van der Waals surface area (Å²) in [4.78, 5) is 2.20. The van der Waals surface area contributed by atoms with E-state index in [0.29, 0.717) is 6.04 Å². The predicted octanol–water partition coefficient (Wildman–Crippen LogP) is 3.99. The van der Waals surface area contributed by atoms with Crippen molar-refractivity contribution in [1.82, 2.24) is 4.90 Å². The van der Waals surface area contributed by atoms with Crippen molar-refractivity contribution < 1.29 is 9.47 Å². The molecule has 3 nitrogen and oxygen atoms in total. The number of benzene rings is 2. The van der Waals surface area contributed by atoms with Gasteiger partial charge in [-0.15, -0.1) is 0 Å². The Bertz CT molecular complexity index is 586. The van der Waals surface area contributed by atoms with Gasteiger partial charge in [0.15, 0.2) is 0 Å². The molecular weight excluding hydrogens is 262 g/mol. The fourth-order valence-electron chi connectivity index (χ4n) is 2.25. The highest BCUT2D eigenvalue weighted by Crippen LogP contribution is 2.31. The van der Waals surface area contributed by atoms with Crippen molar-refractivity contribution >= 4 is 0 Å². The molecule has 2 aromatic carbocycles. The number of rotatable bonds is 5. The summed E-state index contributed by atoms with van der Waals surface area (Å²) in [6, 6.07) is 14.9. The molecule has 0 radical (unpaired) electrons. The second-order valence-corrected chi connectivity index (χ2v) is 5.37. The Labute approximate surface area is 127 Å². The van der Waals surface area contributed by atoms with Crippen LogP contribution in [0, 0.1) is 0 Å². The topological polar surface area (TPSA) is 21.7 Å². The van der Waals surface area contributed by atoms with E-state index in [1.165, 1.54) is 11.1 Å². The van der Waals surface area contributed by atoms with E-state index in [4.69, 9.17) is 9.47 Å². The first kappa shape index (κ1) is 15.4. The molecule has 0 saturated carbocycles. The summed E-state index contributed by atoms with van der Waals surface area (Å²) < 4.78 is 10.7. The van der Waals surface area contributed by atoms with E-state index in [1.807, 2.05) is 18.2 Å². The fraction of sp³-hybridized carbons (Fsp3) is 0.333. The number of hydrogen-bond donors (Lipinski definition) is 0. The standard InChI is InChI=1S/C18H23NO2/c1-13(19(2)3)14-7-6-8-15(9-14)16-10-17(20-4)12-18(11-16)21-5/h6-13H,1-5H3. The molecule has 3 heteroatoms. The maximum absolute atomic E-state index is 5.35. The summed E-state index contributed by atoms with van der Waals surface area (Å²) in [5.41, 5.74) is 3.55. The first-order valence-electron chi connectivity index (χ1n) is 7.05. The van der Waals surface area contributed by atoms with Crippen LogP contribution in [0.25, 0.3) is 11.1 Å². The first-order valence-corrected chi connectivity index (χ1v) is 7.05. The molecule has 0 fully saturated rings. The van der Waals surface area contributed by atoms with E-state index in [0.717, 1.165) is 17.1 Å². The molecule has 0 spiro atoms. The lowest BCUT2D eigenvalue weighted by Gasteiger charge is -2.20. The summed E-state index contributed by atoms with van der Waals surface area (Å²) in [7, 11) is 7.52. The second-order valence-electron chi connectivity index (χ2n) is 5.37. The average molecular weight is 285 g/mol. The zero-order valence-corrected chi connectivity index (χ0v) is 13.4. The van der Waals surface area contributed by atoms with Crippen LogP contribution >= 0.6 is 0 Å². The Morgan fingerprint density at radius 3 is 2.00 bits per heavy atom. The lowest BCUT2D eigenvalue weighted by Crippen LogP contribution is -2.16. The van der Waals surface area contributed by atoms with Gasteiger partial charge in [-0.05, 0) is 55.9 Å². The lowest BCUT2D eigenvalue weighted by atomic mass is 9.99. The van der Waals surface area contributed by atoms with Gasteiger partial charge in [-0.3, -0.25) is 0 Å². The zero-order valence-electron chi connectivity index (χ0n) is 13.4. The molecule has 0 aliphatic rings. The monoisotopic (exact) mass is 285 g/mol. The van der Waals surface area contributed by atoms with Crippen molar-refractivity contribution in [3.63, 3.8) is 0 Å². The van der Waals surface area contributed by atoms with Gasteiger partial charge in [0, 0.05) is 12.1 Å². The lowest BCUT2D eigenvalue weighted by molar-refractivity contribution is 0.321. The SMILES string of the molecule is COc1cc(OC)cc(-c2cccc(C(C)N(C)C)c2)c1. The summed E-state index contributed by atoms with van der Waals surface area (Å²) in [6.07, 6.45) is 0. The van der Waals surface area contributed by atoms with Crippen molar-refractivity contribution in [2.24, 2.45) is 0 Å². The van der Waals surface area contributed by atoms with Crippen molar-refractivity contribution in [2.45, 2.75) is 13.0 Å². The average Bonchev–Trinajstić information content (AvgIpc) is 2.53. The van der Waals surface area contributed by atoms with Crippen LogP contribution in [0.2, 0.25) is 0 Å². The van der Waals surface area contributed by atoms with E-state index in [-0.39, 0.29) is 0 Å². The quantitative estimate of drug-likeness (QED) is 0.829. The smallest absolute Gasteiger partial charge is 0.123 e. The minimum absolute atomic E-state index is 0.373. The van der Waals surface area contributed by atoms with Crippen LogP contribution in [-0.4, -0.2) is 33.2 Å². The van der Waals surface area contributed by atoms with E-state index < -0.39 is 0 Å². The first-order chi connectivity index (χ1) is 10.0. The summed E-state index contributed by atoms with van der Waals surface area (Å²) in [5.74, 6) is 1.60. The molecule has 0 aliphatic heterocycles. The minimum Gasteiger partial charge on any atom is -0.497 e. The molecule has 0 bridgehead atoms. The van der Waals surface area contributed by atoms with Crippen LogP contribution in [-0.2, 0) is 0 Å². The minimum atomic E-state index is 0.373. The Kier molecular flexibility index (Phi) is 4.86. The van der Waals surface area contributed by atoms with Crippen LogP contribution in [0.3, 0.4) is 0 Å². The maximum Gasteiger partial charge on any atom is 0.123 e. The normalized spacial score (nSPS) is 12.3. The Hall–Kier alpha value is -2.00. The van der Waals surface area contributed by atoms with Crippen molar-refractivity contribution in [2.75, 3.05) is 28.3 Å². The van der Waals surface area contributed by atoms with Crippen LogP contribution in [0.4, 0.5) is 0 Å². The maximum atomic E-state index is 5.35. The molecule has 1 atom stereocenters. The highest BCUT2D eigenvalue weighted by molar-refractivity contribution is 5.68. The van der Waals surface area contributed by atoms with Crippen molar-refractivity contribution in [1.29, 1.82) is 0 Å². The third-order valence-corrected chi connectivity index (χ3v) is 3.83.